The van der Waals surface area contributed by atoms with Crippen molar-refractivity contribution in [2.24, 2.45) is 23.7 Å². The number of nitrogens with zero attached hydrogens (tertiary/aromatic N) is 1. The van der Waals surface area contributed by atoms with Crippen LogP contribution in [-0.2, 0) is 36.8 Å². The molecule has 8 heteroatoms. The van der Waals surface area contributed by atoms with Gasteiger partial charge in [-0.15, -0.1) is 0 Å². The molecule has 2 fully saturated rings. The molecule has 230 valence electrons. The molecule has 0 unspecified atom stereocenters. The van der Waals surface area contributed by atoms with Crippen molar-refractivity contribution in [2.75, 3.05) is 20.3 Å². The molecule has 2 aliphatic rings. The van der Waals surface area contributed by atoms with Gasteiger partial charge in [0.1, 0.15) is 12.4 Å². The van der Waals surface area contributed by atoms with Gasteiger partial charge in [0.25, 0.3) is 0 Å². The van der Waals surface area contributed by atoms with E-state index in [0.29, 0.717) is 25.6 Å². The van der Waals surface area contributed by atoms with Crippen molar-refractivity contribution in [1.82, 2.24) is 4.90 Å². The van der Waals surface area contributed by atoms with E-state index < -0.39 is 23.9 Å². The summed E-state index contributed by atoms with van der Waals surface area (Å²) < 4.78 is 29.4. The molecule has 2 aromatic carbocycles. The monoisotopic (exact) mass is 581 g/mol. The molecule has 0 saturated carbocycles. The molecule has 8 nitrogen and oxygen atoms in total. The predicted molar refractivity (Wildman–Crippen MR) is 160 cm³/mol. The first-order valence-electron chi connectivity index (χ1n) is 15.1. The molecule has 0 radical (unpaired) electrons. The Kier molecular flexibility index (Phi) is 10.7. The second-order valence-electron chi connectivity index (χ2n) is 12.5. The van der Waals surface area contributed by atoms with Crippen LogP contribution in [0.1, 0.15) is 59.1 Å². The molecule has 2 aromatic rings. The summed E-state index contributed by atoms with van der Waals surface area (Å²) in [5.41, 5.74) is 2.16. The van der Waals surface area contributed by atoms with Crippen LogP contribution < -0.4 is 4.74 Å². The number of methoxy groups -OCH3 is 1. The number of cyclic esters (lactones) is 1. The van der Waals surface area contributed by atoms with Crippen molar-refractivity contribution in [1.29, 1.82) is 0 Å². The number of hydrogen-bond acceptors (Lipinski definition) is 7. The molecule has 2 heterocycles. The number of hydrogen-bond donors (Lipinski definition) is 0. The lowest BCUT2D eigenvalue weighted by molar-refractivity contribution is -0.333. The highest BCUT2D eigenvalue weighted by Gasteiger charge is 2.49. The molecule has 0 N–H and O–H groups in total. The molecule has 2 aliphatic heterocycles. The van der Waals surface area contributed by atoms with Crippen molar-refractivity contribution in [3.8, 4) is 5.75 Å². The minimum atomic E-state index is -0.867. The maximum absolute atomic E-state index is 13.8. The van der Waals surface area contributed by atoms with Gasteiger partial charge in [0.15, 0.2) is 5.79 Å². The highest BCUT2D eigenvalue weighted by molar-refractivity contribution is 5.95. The first kappa shape index (κ1) is 32.0. The quantitative estimate of drug-likeness (QED) is 0.293. The fourth-order valence-corrected chi connectivity index (χ4v) is 6.34. The summed E-state index contributed by atoms with van der Waals surface area (Å²) in [4.78, 5) is 27.8. The number of imide groups is 1. The number of carbonyl (C=O) groups excluding carboxylic acids is 2. The van der Waals surface area contributed by atoms with E-state index in [1.807, 2.05) is 75.4 Å². The zero-order chi connectivity index (χ0) is 30.4. The fourth-order valence-electron chi connectivity index (χ4n) is 6.34. The molecule has 0 aliphatic carbocycles. The van der Waals surface area contributed by atoms with E-state index in [-0.39, 0.29) is 36.5 Å². The summed E-state index contributed by atoms with van der Waals surface area (Å²) in [6, 6.07) is 17.4. The van der Waals surface area contributed by atoms with Gasteiger partial charge in [-0.2, -0.15) is 0 Å². The van der Waals surface area contributed by atoms with Crippen LogP contribution in [0.3, 0.4) is 0 Å². The zero-order valence-electron chi connectivity index (χ0n) is 26.1. The topological polar surface area (TPSA) is 83.5 Å². The average molecular weight is 582 g/mol. The molecular weight excluding hydrogens is 534 g/mol. The van der Waals surface area contributed by atoms with Gasteiger partial charge in [0.2, 0.25) is 5.91 Å². The van der Waals surface area contributed by atoms with Gasteiger partial charge in [-0.25, -0.2) is 9.69 Å². The van der Waals surface area contributed by atoms with Crippen molar-refractivity contribution in [2.45, 2.75) is 85.0 Å². The normalized spacial score (nSPS) is 25.9. The fraction of sp³-hybridized carbons (Fsp3) is 0.588. The van der Waals surface area contributed by atoms with Crippen molar-refractivity contribution in [3.05, 3.63) is 65.7 Å². The Morgan fingerprint density at radius 3 is 2.33 bits per heavy atom. The SMILES string of the molecule is COc1ccc(COC[C@H](C)C[C@H](C)[C@@H]2OC(C)(C)O[C@H]([C@@H](C)C(=O)N3C(=O)OC[C@H]3Cc3ccccc3)[C@@H]2C)cc1. The van der Waals surface area contributed by atoms with E-state index in [9.17, 15) is 9.59 Å². The van der Waals surface area contributed by atoms with Gasteiger partial charge in [0.05, 0.1) is 37.9 Å². The number of rotatable bonds is 12. The van der Waals surface area contributed by atoms with Crippen molar-refractivity contribution >= 4 is 12.0 Å². The Hall–Kier alpha value is -2.94. The lowest BCUT2D eigenvalue weighted by Gasteiger charge is -2.49. The van der Waals surface area contributed by atoms with E-state index in [1.165, 1.54) is 4.90 Å². The summed E-state index contributed by atoms with van der Waals surface area (Å²) in [6.07, 6.45) is 0.337. The summed E-state index contributed by atoms with van der Waals surface area (Å²) in [5.74, 6) is -0.396. The van der Waals surface area contributed by atoms with E-state index in [1.54, 1.807) is 7.11 Å². The lowest BCUT2D eigenvalue weighted by atomic mass is 9.79. The molecule has 7 atom stereocenters. The van der Waals surface area contributed by atoms with Crippen LogP contribution in [0.25, 0.3) is 0 Å². The standard InChI is InChI=1S/C34H47NO7/c1-22(19-39-20-27-13-15-29(38-7)16-14-27)17-23(2)30-24(3)31(42-34(5,6)41-30)25(4)32(36)35-28(21-40-33(35)37)18-26-11-9-8-10-12-26/h8-16,22-25,28,30-31H,17-21H2,1-7H3/t22-,23+,24-,25-,28-,30+,31+/m1/s1. The molecule has 0 aromatic heterocycles. The van der Waals surface area contributed by atoms with Crippen LogP contribution in [0.15, 0.2) is 54.6 Å². The maximum atomic E-state index is 13.8. The van der Waals surface area contributed by atoms with Gasteiger partial charge in [-0.05, 0) is 61.8 Å². The van der Waals surface area contributed by atoms with Crippen molar-refractivity contribution in [3.63, 3.8) is 0 Å². The Morgan fingerprint density at radius 2 is 1.67 bits per heavy atom. The number of carbonyl (C=O) groups is 2. The molecule has 0 spiro atoms. The summed E-state index contributed by atoms with van der Waals surface area (Å²) >= 11 is 0. The third-order valence-electron chi connectivity index (χ3n) is 8.44. The van der Waals surface area contributed by atoms with Crippen LogP contribution in [0.2, 0.25) is 0 Å². The van der Waals surface area contributed by atoms with Gasteiger partial charge < -0.3 is 23.7 Å². The summed E-state index contributed by atoms with van der Waals surface area (Å²) in [5, 5.41) is 0. The Morgan fingerprint density at radius 1 is 1.00 bits per heavy atom. The van der Waals surface area contributed by atoms with Gasteiger partial charge in [-0.1, -0.05) is 70.2 Å². The first-order valence-corrected chi connectivity index (χ1v) is 15.1. The molecule has 2 amide bonds. The predicted octanol–water partition coefficient (Wildman–Crippen LogP) is 6.26. The van der Waals surface area contributed by atoms with Crippen LogP contribution in [0, 0.1) is 23.7 Å². The molecular formula is C34H47NO7. The third kappa shape index (κ3) is 7.91. The first-order chi connectivity index (χ1) is 20.0. The van der Waals surface area contributed by atoms with Crippen molar-refractivity contribution < 1.29 is 33.3 Å². The second-order valence-corrected chi connectivity index (χ2v) is 12.5. The largest absolute Gasteiger partial charge is 0.497 e. The van der Waals surface area contributed by atoms with E-state index >= 15 is 0 Å². The minimum Gasteiger partial charge on any atom is -0.497 e. The molecule has 0 bridgehead atoms. The number of benzene rings is 2. The average Bonchev–Trinajstić information content (AvgIpc) is 3.33. The Bertz CT molecular complexity index is 1170. The smallest absolute Gasteiger partial charge is 0.416 e. The third-order valence-corrected chi connectivity index (χ3v) is 8.44. The molecule has 4 rings (SSSR count). The van der Waals surface area contributed by atoms with Gasteiger partial charge >= 0.3 is 6.09 Å². The van der Waals surface area contributed by atoms with Gasteiger partial charge in [-0.3, -0.25) is 4.79 Å². The van der Waals surface area contributed by atoms with E-state index in [2.05, 4.69) is 20.8 Å². The van der Waals surface area contributed by atoms with Crippen LogP contribution in [0.4, 0.5) is 4.79 Å². The van der Waals surface area contributed by atoms with Gasteiger partial charge in [0, 0.05) is 12.5 Å². The Balaban J connectivity index is 1.36. The number of ether oxygens (including phenoxy) is 5. The van der Waals surface area contributed by atoms with Crippen LogP contribution >= 0.6 is 0 Å². The summed E-state index contributed by atoms with van der Waals surface area (Å²) in [6.45, 7) is 13.5. The highest BCUT2D eigenvalue weighted by Crippen LogP contribution is 2.40. The maximum Gasteiger partial charge on any atom is 0.416 e. The van der Waals surface area contributed by atoms with E-state index in [0.717, 1.165) is 23.3 Å². The molecule has 42 heavy (non-hydrogen) atoms. The van der Waals surface area contributed by atoms with E-state index in [4.69, 9.17) is 23.7 Å². The summed E-state index contributed by atoms with van der Waals surface area (Å²) in [7, 11) is 1.66. The Labute approximate surface area is 250 Å². The number of amides is 2. The molecule has 2 saturated heterocycles. The van der Waals surface area contributed by atoms with Crippen LogP contribution in [0.5, 0.6) is 5.75 Å². The van der Waals surface area contributed by atoms with Crippen LogP contribution in [-0.4, -0.2) is 61.3 Å². The lowest BCUT2D eigenvalue weighted by Crippen LogP contribution is -2.57. The highest BCUT2D eigenvalue weighted by atomic mass is 16.7. The zero-order valence-corrected chi connectivity index (χ0v) is 26.1. The second kappa shape index (κ2) is 14.0. The minimum absolute atomic E-state index is 0.0643.